The lowest BCUT2D eigenvalue weighted by molar-refractivity contribution is -0.387. The van der Waals surface area contributed by atoms with E-state index in [1.807, 2.05) is 0 Å². The number of carbonyl (C=O) groups is 2. The van der Waals surface area contributed by atoms with Crippen molar-refractivity contribution in [1.29, 1.82) is 0 Å². The summed E-state index contributed by atoms with van der Waals surface area (Å²) in [5.74, 6) is -0.369. The Labute approximate surface area is 131 Å². The van der Waals surface area contributed by atoms with Gasteiger partial charge in [0.25, 0.3) is 5.69 Å². The summed E-state index contributed by atoms with van der Waals surface area (Å²) >= 11 is 1.06. The molecule has 8 nitrogen and oxygen atoms in total. The van der Waals surface area contributed by atoms with Crippen LogP contribution in [0.5, 0.6) is 0 Å². The Morgan fingerprint density at radius 2 is 2.18 bits per heavy atom. The minimum absolute atomic E-state index is 0.0676. The molecule has 0 saturated carbocycles. The van der Waals surface area contributed by atoms with Gasteiger partial charge in [-0.3, -0.25) is 19.7 Å². The maximum Gasteiger partial charge on any atom is 0.283 e. The molecule has 0 radical (unpaired) electrons. The molecule has 0 spiro atoms. The highest BCUT2D eigenvalue weighted by Gasteiger charge is 2.19. The normalized spacial score (nSPS) is 14.2. The van der Waals surface area contributed by atoms with E-state index < -0.39 is 10.8 Å². The van der Waals surface area contributed by atoms with E-state index in [1.165, 1.54) is 12.1 Å². The van der Waals surface area contributed by atoms with Crippen molar-refractivity contribution in [2.45, 2.75) is 4.90 Å². The summed E-state index contributed by atoms with van der Waals surface area (Å²) in [5, 5.41) is 16.9. The summed E-state index contributed by atoms with van der Waals surface area (Å²) in [6.45, 7) is 2.40. The number of nitro benzene ring substituents is 1. The standard InChI is InChI=1S/C13H16N4O4S/c14-13(19)9-1-2-11(10(3-9)17(20)21)22-7-12(18)16-6-8-4-15-5-8/h1-3,8,15H,4-7H2,(H2,14,19)(H,16,18). The van der Waals surface area contributed by atoms with Gasteiger partial charge < -0.3 is 16.4 Å². The summed E-state index contributed by atoms with van der Waals surface area (Å²) in [6, 6.07) is 3.98. The first-order chi connectivity index (χ1) is 10.5. The van der Waals surface area contributed by atoms with E-state index in [1.54, 1.807) is 0 Å². The monoisotopic (exact) mass is 324 g/mol. The Kier molecular flexibility index (Phi) is 5.34. The van der Waals surface area contributed by atoms with Crippen LogP contribution in [0.3, 0.4) is 0 Å². The fourth-order valence-corrected chi connectivity index (χ4v) is 2.71. The van der Waals surface area contributed by atoms with Crippen LogP contribution in [0.2, 0.25) is 0 Å². The summed E-state index contributed by atoms with van der Waals surface area (Å²) in [5.41, 5.74) is 4.95. The van der Waals surface area contributed by atoms with Crippen LogP contribution in [0.15, 0.2) is 23.1 Å². The molecule has 0 unspecified atom stereocenters. The molecule has 118 valence electrons. The van der Waals surface area contributed by atoms with Crippen molar-refractivity contribution >= 4 is 29.3 Å². The van der Waals surface area contributed by atoms with E-state index in [0.717, 1.165) is 30.9 Å². The molecule has 9 heteroatoms. The second-order valence-corrected chi connectivity index (χ2v) is 5.94. The van der Waals surface area contributed by atoms with Gasteiger partial charge in [0.1, 0.15) is 0 Å². The number of carbonyl (C=O) groups excluding carboxylic acids is 2. The average Bonchev–Trinajstić information content (AvgIpc) is 2.43. The highest BCUT2D eigenvalue weighted by Crippen LogP contribution is 2.29. The Balaban J connectivity index is 1.94. The average molecular weight is 324 g/mol. The van der Waals surface area contributed by atoms with Gasteiger partial charge in [-0.2, -0.15) is 0 Å². The Morgan fingerprint density at radius 3 is 2.73 bits per heavy atom. The molecule has 1 aliphatic rings. The fraction of sp³-hybridized carbons (Fsp3) is 0.385. The van der Waals surface area contributed by atoms with E-state index in [0.29, 0.717) is 17.4 Å². The highest BCUT2D eigenvalue weighted by atomic mass is 32.2. The van der Waals surface area contributed by atoms with Crippen molar-refractivity contribution in [2.75, 3.05) is 25.4 Å². The lowest BCUT2D eigenvalue weighted by atomic mass is 10.0. The van der Waals surface area contributed by atoms with Crippen molar-refractivity contribution in [2.24, 2.45) is 11.7 Å². The van der Waals surface area contributed by atoms with Crippen molar-refractivity contribution < 1.29 is 14.5 Å². The zero-order chi connectivity index (χ0) is 16.1. The minimum Gasteiger partial charge on any atom is -0.366 e. The molecule has 2 rings (SSSR count). The SMILES string of the molecule is NC(=O)c1ccc(SCC(=O)NCC2CNC2)c([N+](=O)[O-])c1. The van der Waals surface area contributed by atoms with Gasteiger partial charge in [0, 0.05) is 37.2 Å². The number of nitrogens with two attached hydrogens (primary N) is 1. The van der Waals surface area contributed by atoms with E-state index in [4.69, 9.17) is 5.73 Å². The number of rotatable bonds is 7. The van der Waals surface area contributed by atoms with Gasteiger partial charge >= 0.3 is 0 Å². The number of primary amides is 1. The zero-order valence-electron chi connectivity index (χ0n) is 11.7. The second-order valence-electron chi connectivity index (χ2n) is 4.92. The first kappa shape index (κ1) is 16.2. The van der Waals surface area contributed by atoms with Crippen LogP contribution in [-0.2, 0) is 4.79 Å². The predicted octanol–water partition coefficient (Wildman–Crippen LogP) is 0.121. The third kappa shape index (κ3) is 4.18. The van der Waals surface area contributed by atoms with Gasteiger partial charge in [0.15, 0.2) is 0 Å². The van der Waals surface area contributed by atoms with E-state index >= 15 is 0 Å². The first-order valence-electron chi connectivity index (χ1n) is 6.66. The fourth-order valence-electron chi connectivity index (χ4n) is 1.88. The first-order valence-corrected chi connectivity index (χ1v) is 7.64. The van der Waals surface area contributed by atoms with Gasteiger partial charge in [-0.05, 0) is 12.1 Å². The van der Waals surface area contributed by atoms with E-state index in [-0.39, 0.29) is 22.9 Å². The predicted molar refractivity (Wildman–Crippen MR) is 81.7 cm³/mol. The lowest BCUT2D eigenvalue weighted by Gasteiger charge is -2.27. The number of nitro groups is 1. The van der Waals surface area contributed by atoms with E-state index in [9.17, 15) is 19.7 Å². The Hall–Kier alpha value is -2.13. The molecule has 1 aliphatic heterocycles. The maximum absolute atomic E-state index is 11.7. The summed E-state index contributed by atoms with van der Waals surface area (Å²) < 4.78 is 0. The zero-order valence-corrected chi connectivity index (χ0v) is 12.5. The molecule has 1 fully saturated rings. The van der Waals surface area contributed by atoms with Crippen LogP contribution >= 0.6 is 11.8 Å². The molecule has 1 heterocycles. The number of amides is 2. The number of hydrogen-bond acceptors (Lipinski definition) is 6. The summed E-state index contributed by atoms with van der Waals surface area (Å²) in [7, 11) is 0. The van der Waals surface area contributed by atoms with Crippen LogP contribution in [0, 0.1) is 16.0 Å². The van der Waals surface area contributed by atoms with Gasteiger partial charge in [-0.15, -0.1) is 11.8 Å². The molecule has 1 aromatic rings. The largest absolute Gasteiger partial charge is 0.366 e. The number of hydrogen-bond donors (Lipinski definition) is 3. The Morgan fingerprint density at radius 1 is 1.45 bits per heavy atom. The topological polar surface area (TPSA) is 127 Å². The second kappa shape index (κ2) is 7.23. The molecule has 22 heavy (non-hydrogen) atoms. The molecule has 4 N–H and O–H groups in total. The minimum atomic E-state index is -0.730. The molecule has 0 atom stereocenters. The Bertz CT molecular complexity index is 604. The van der Waals surface area contributed by atoms with Gasteiger partial charge in [0.2, 0.25) is 11.8 Å². The van der Waals surface area contributed by atoms with Crippen LogP contribution in [-0.4, -0.2) is 42.1 Å². The molecule has 0 aliphatic carbocycles. The molecule has 1 saturated heterocycles. The summed E-state index contributed by atoms with van der Waals surface area (Å²) in [4.78, 5) is 33.6. The van der Waals surface area contributed by atoms with Crippen LogP contribution in [0.1, 0.15) is 10.4 Å². The van der Waals surface area contributed by atoms with Crippen molar-refractivity contribution in [3.63, 3.8) is 0 Å². The highest BCUT2D eigenvalue weighted by molar-refractivity contribution is 8.00. The van der Waals surface area contributed by atoms with Gasteiger partial charge in [0.05, 0.1) is 15.6 Å². The molecule has 2 amide bonds. The lowest BCUT2D eigenvalue weighted by Crippen LogP contribution is -2.48. The molecule has 0 aromatic heterocycles. The number of nitrogens with zero attached hydrogens (tertiary/aromatic N) is 1. The number of nitrogens with one attached hydrogen (secondary N) is 2. The molecular weight excluding hydrogens is 308 g/mol. The van der Waals surface area contributed by atoms with Gasteiger partial charge in [-0.1, -0.05) is 0 Å². The smallest absolute Gasteiger partial charge is 0.283 e. The maximum atomic E-state index is 11.7. The molecular formula is C13H16N4O4S. The van der Waals surface area contributed by atoms with Crippen molar-refractivity contribution in [1.82, 2.24) is 10.6 Å². The third-order valence-corrected chi connectivity index (χ3v) is 4.32. The van der Waals surface area contributed by atoms with E-state index in [2.05, 4.69) is 10.6 Å². The third-order valence-electron chi connectivity index (χ3n) is 3.25. The molecule has 0 bridgehead atoms. The van der Waals surface area contributed by atoms with Crippen molar-refractivity contribution in [3.8, 4) is 0 Å². The summed E-state index contributed by atoms with van der Waals surface area (Å²) in [6.07, 6.45) is 0. The van der Waals surface area contributed by atoms with Gasteiger partial charge in [-0.25, -0.2) is 0 Å². The number of thioether (sulfide) groups is 1. The van der Waals surface area contributed by atoms with Crippen molar-refractivity contribution in [3.05, 3.63) is 33.9 Å². The quantitative estimate of drug-likeness (QED) is 0.371. The van der Waals surface area contributed by atoms with Crippen LogP contribution < -0.4 is 16.4 Å². The van der Waals surface area contributed by atoms with Crippen LogP contribution in [0.4, 0.5) is 5.69 Å². The van der Waals surface area contributed by atoms with Crippen LogP contribution in [0.25, 0.3) is 0 Å². The molecule has 1 aromatic carbocycles. The number of benzene rings is 1.